The number of hydrogen-bond donors (Lipinski definition) is 2. The lowest BCUT2D eigenvalue weighted by Crippen LogP contribution is -2.51. The van der Waals surface area contributed by atoms with Crippen molar-refractivity contribution in [3.05, 3.63) is 58.1 Å². The van der Waals surface area contributed by atoms with Crippen LogP contribution < -0.4 is 15.0 Å². The van der Waals surface area contributed by atoms with Crippen LogP contribution in [0.4, 0.5) is 32.2 Å². The van der Waals surface area contributed by atoms with Crippen molar-refractivity contribution in [2.75, 3.05) is 44.3 Å². The molecule has 1 aromatic heterocycles. The Labute approximate surface area is 288 Å². The van der Waals surface area contributed by atoms with Crippen LogP contribution in [0.2, 0.25) is 0 Å². The third-order valence-corrected chi connectivity index (χ3v) is 12.0. The lowest BCUT2D eigenvalue weighted by Gasteiger charge is -2.35. The van der Waals surface area contributed by atoms with Gasteiger partial charge in [-0.25, -0.2) is 13.2 Å². The molecule has 0 radical (unpaired) electrons. The molecule has 15 heteroatoms. The molecule has 9 rings (SSSR count). The van der Waals surface area contributed by atoms with Gasteiger partial charge in [-0.15, -0.1) is 0 Å². The number of hydrogen-bond acceptors (Lipinski definition) is 9. The lowest BCUT2D eigenvalue weighted by molar-refractivity contribution is -0.0328. The van der Waals surface area contributed by atoms with Gasteiger partial charge in [-0.1, -0.05) is 6.07 Å². The minimum Gasteiger partial charge on any atom is -0.512 e. The molecule has 1 saturated carbocycles. The van der Waals surface area contributed by atoms with E-state index in [9.17, 15) is 22.7 Å². The maximum Gasteiger partial charge on any atom is 0.446 e. The summed E-state index contributed by atoms with van der Waals surface area (Å²) in [6.45, 7) is 3.73. The van der Waals surface area contributed by atoms with Crippen LogP contribution in [0.25, 0.3) is 17.0 Å². The molecule has 0 amide bonds. The average Bonchev–Trinajstić information content (AvgIpc) is 3.32. The van der Waals surface area contributed by atoms with E-state index in [4.69, 9.17) is 14.5 Å². The molecule has 5 atom stereocenters. The number of piperazine rings is 1. The van der Waals surface area contributed by atoms with E-state index >= 15 is 8.78 Å². The van der Waals surface area contributed by atoms with Crippen LogP contribution >= 0.6 is 11.8 Å². The zero-order valence-corrected chi connectivity index (χ0v) is 27.7. The Balaban J connectivity index is 1.16. The van der Waals surface area contributed by atoms with Gasteiger partial charge in [0.15, 0.2) is 17.5 Å². The van der Waals surface area contributed by atoms with Gasteiger partial charge in [0.25, 0.3) is 0 Å². The monoisotopic (exact) mass is 719 g/mol. The first-order valence-electron chi connectivity index (χ1n) is 17.1. The van der Waals surface area contributed by atoms with Gasteiger partial charge in [0, 0.05) is 83.5 Å². The van der Waals surface area contributed by atoms with Gasteiger partial charge in [-0.05, 0) is 67.6 Å². The van der Waals surface area contributed by atoms with E-state index in [-0.39, 0.29) is 69.8 Å². The van der Waals surface area contributed by atoms with Crippen LogP contribution in [0.15, 0.2) is 28.9 Å². The van der Waals surface area contributed by atoms with Gasteiger partial charge >= 0.3 is 11.5 Å². The highest BCUT2D eigenvalue weighted by Gasteiger charge is 2.49. The second kappa shape index (κ2) is 11.9. The molecule has 2 N–H and O–H groups in total. The molecule has 5 heterocycles. The van der Waals surface area contributed by atoms with Gasteiger partial charge < -0.3 is 24.8 Å². The Kier molecular flexibility index (Phi) is 7.76. The number of nitrogens with zero attached hydrogens (tertiary/aromatic N) is 4. The number of nitrogens with one attached hydrogen (secondary N) is 1. The van der Waals surface area contributed by atoms with Crippen LogP contribution in [0.1, 0.15) is 61.1 Å². The normalized spacial score (nSPS) is 28.3. The van der Waals surface area contributed by atoms with Crippen LogP contribution in [0, 0.1) is 22.9 Å². The second-order valence-corrected chi connectivity index (χ2v) is 15.8. The Bertz CT molecular complexity index is 1890. The van der Waals surface area contributed by atoms with Crippen molar-refractivity contribution in [1.82, 2.24) is 20.2 Å². The molecule has 266 valence electrons. The number of aromatic nitrogens is 2. The number of allylic oxidation sites excluding steroid dienone is 1. The molecule has 50 heavy (non-hydrogen) atoms. The number of alkyl halides is 3. The van der Waals surface area contributed by atoms with Crippen LogP contribution in [-0.2, 0) is 4.74 Å². The Hall–Kier alpha value is -3.27. The highest BCUT2D eigenvalue weighted by atomic mass is 32.2. The van der Waals surface area contributed by atoms with Crippen molar-refractivity contribution in [3.8, 4) is 6.01 Å². The second-order valence-electron chi connectivity index (χ2n) is 14.7. The lowest BCUT2D eigenvalue weighted by atomic mass is 9.80. The number of halogens is 6. The fourth-order valence-electron chi connectivity index (χ4n) is 8.70. The summed E-state index contributed by atoms with van der Waals surface area (Å²) in [5.41, 5.74) is -6.04. The summed E-state index contributed by atoms with van der Waals surface area (Å²) >= 11 is -0.538. The van der Waals surface area contributed by atoms with Crippen molar-refractivity contribution < 1.29 is 40.9 Å². The molecular formula is C35H35F6N5O3S. The van der Waals surface area contributed by atoms with Gasteiger partial charge in [0.1, 0.15) is 11.3 Å². The molecule has 4 saturated heterocycles. The van der Waals surface area contributed by atoms with E-state index in [0.717, 1.165) is 57.9 Å². The molecule has 8 nitrogen and oxygen atoms in total. The average molecular weight is 720 g/mol. The number of anilines is 1. The van der Waals surface area contributed by atoms with Crippen molar-refractivity contribution >= 4 is 34.6 Å². The number of ether oxygens (including phenoxy) is 2. The predicted octanol–water partition coefficient (Wildman–Crippen LogP) is 6.67. The quantitative estimate of drug-likeness (QED) is 0.196. The molecule has 4 bridgehead atoms. The van der Waals surface area contributed by atoms with Crippen molar-refractivity contribution in [2.24, 2.45) is 5.41 Å². The Morgan fingerprint density at radius 3 is 2.50 bits per heavy atom. The summed E-state index contributed by atoms with van der Waals surface area (Å²) in [5.74, 6) is -5.16. The number of thioether (sulfide) groups is 1. The molecule has 3 unspecified atom stereocenters. The van der Waals surface area contributed by atoms with Gasteiger partial charge in [-0.2, -0.15) is 23.1 Å². The van der Waals surface area contributed by atoms with Crippen molar-refractivity contribution in [2.45, 2.75) is 79.1 Å². The Morgan fingerprint density at radius 2 is 1.82 bits per heavy atom. The minimum atomic E-state index is -4.84. The maximum absolute atomic E-state index is 17.2. The molecule has 3 aromatic rings. The number of aliphatic hydroxyl groups excluding tert-OH is 1. The predicted molar refractivity (Wildman–Crippen MR) is 174 cm³/mol. The standard InChI is InChI=1S/C35H35F6N5O3S/c36-25-4-1-17-7-21(47)9-23(27(17)29(25)37)28-26(50-35(39,40)41)10-24-31(30(28)38)43-33(44-32(24)45-11-18-2-3-19(12-45)42-18)49-16-34(5-6-34)15-46-13-22-8-20(46)14-48-22/h1,4,7,10,18-20,22-23,42,47H,2-3,5-6,8-9,11-16H2/t18?,19?,20-,22-,23?/m1/s1. The largest absolute Gasteiger partial charge is 0.512 e. The maximum atomic E-state index is 17.2. The number of morpholine rings is 1. The van der Waals surface area contributed by atoms with Gasteiger partial charge in [0.2, 0.25) is 0 Å². The Morgan fingerprint density at radius 1 is 1.04 bits per heavy atom. The van der Waals surface area contributed by atoms with E-state index in [0.29, 0.717) is 19.1 Å². The van der Waals surface area contributed by atoms with Crippen molar-refractivity contribution in [1.29, 1.82) is 0 Å². The summed E-state index contributed by atoms with van der Waals surface area (Å²) < 4.78 is 102. The number of benzene rings is 2. The minimum absolute atomic E-state index is 0.0521. The van der Waals surface area contributed by atoms with E-state index < -0.39 is 57.5 Å². The molecule has 4 aliphatic heterocycles. The molecule has 2 aromatic carbocycles. The van der Waals surface area contributed by atoms with E-state index in [1.54, 1.807) is 0 Å². The van der Waals surface area contributed by atoms with Crippen LogP contribution in [0.3, 0.4) is 0 Å². The number of rotatable bonds is 8. The topological polar surface area (TPSA) is 83.0 Å². The van der Waals surface area contributed by atoms with Crippen LogP contribution in [-0.4, -0.2) is 89.1 Å². The first kappa shape index (κ1) is 32.6. The summed E-state index contributed by atoms with van der Waals surface area (Å²) in [4.78, 5) is 13.1. The first-order chi connectivity index (χ1) is 23.9. The zero-order valence-electron chi connectivity index (χ0n) is 26.9. The molecule has 2 aliphatic carbocycles. The third kappa shape index (κ3) is 5.87. The fourth-order valence-corrected chi connectivity index (χ4v) is 9.46. The molecular weight excluding hydrogens is 684 g/mol. The summed E-state index contributed by atoms with van der Waals surface area (Å²) in [6, 6.07) is 3.84. The summed E-state index contributed by atoms with van der Waals surface area (Å²) in [6.07, 6.45) is 5.79. The fraction of sp³-hybridized carbons (Fsp3) is 0.543. The molecule has 5 fully saturated rings. The van der Waals surface area contributed by atoms with Gasteiger partial charge in [-0.3, -0.25) is 4.90 Å². The highest BCUT2D eigenvalue weighted by molar-refractivity contribution is 8.00. The van der Waals surface area contributed by atoms with E-state index in [1.807, 2.05) is 4.90 Å². The summed E-state index contributed by atoms with van der Waals surface area (Å²) in [7, 11) is 0. The van der Waals surface area contributed by atoms with E-state index in [1.165, 1.54) is 18.2 Å². The van der Waals surface area contributed by atoms with Crippen molar-refractivity contribution in [3.63, 3.8) is 0 Å². The zero-order chi connectivity index (χ0) is 34.5. The number of fused-ring (bicyclic) bond motifs is 6. The SMILES string of the molecule is OC1=Cc2ccc(F)c(F)c2C(c2c(SC(F)(F)F)cc3c(N4CC5CCC(C4)N5)nc(OCC4(CN5C[C@H]6C[C@@H]5CO6)CC4)nc3c2F)C1. The molecule has 6 aliphatic rings. The number of likely N-dealkylation sites (tertiary alicyclic amines) is 1. The highest BCUT2D eigenvalue weighted by Crippen LogP contribution is 2.51. The van der Waals surface area contributed by atoms with Gasteiger partial charge in [0.05, 0.1) is 25.1 Å². The van der Waals surface area contributed by atoms with E-state index in [2.05, 4.69) is 15.2 Å². The molecule has 0 spiro atoms. The third-order valence-electron chi connectivity index (χ3n) is 11.2. The smallest absolute Gasteiger partial charge is 0.446 e. The first-order valence-corrected chi connectivity index (χ1v) is 17.9. The number of aliphatic hydroxyl groups is 1. The van der Waals surface area contributed by atoms with Crippen LogP contribution in [0.5, 0.6) is 6.01 Å². The summed E-state index contributed by atoms with van der Waals surface area (Å²) in [5, 5.41) is 14.2.